The minimum absolute atomic E-state index is 0.172. The van der Waals surface area contributed by atoms with E-state index < -0.39 is 0 Å². The number of diazo groups is 1. The summed E-state index contributed by atoms with van der Waals surface area (Å²) in [5.41, 5.74) is 2.05. The fourth-order valence-corrected chi connectivity index (χ4v) is 2.70. The minimum Gasteiger partial charge on any atom is -0.493 e. The van der Waals surface area contributed by atoms with E-state index in [-0.39, 0.29) is 17.2 Å². The van der Waals surface area contributed by atoms with Crippen LogP contribution >= 0.6 is 12.6 Å². The van der Waals surface area contributed by atoms with Crippen LogP contribution < -0.4 is 9.47 Å². The Morgan fingerprint density at radius 3 is 2.33 bits per heavy atom. The molecule has 5 nitrogen and oxygen atoms in total. The van der Waals surface area contributed by atoms with E-state index in [4.69, 9.17) is 9.47 Å². The number of carbonyl (C=O) groups is 1. The van der Waals surface area contributed by atoms with E-state index in [9.17, 15) is 10.2 Å². The van der Waals surface area contributed by atoms with E-state index in [0.717, 1.165) is 5.56 Å². The van der Waals surface area contributed by atoms with E-state index in [2.05, 4.69) is 17.6 Å². The van der Waals surface area contributed by atoms with Crippen molar-refractivity contribution in [2.45, 2.75) is 25.7 Å². The fraction of sp³-hybridized carbons (Fsp3) is 0.278. The van der Waals surface area contributed by atoms with Crippen molar-refractivity contribution in [1.29, 1.82) is 5.39 Å². The standard InChI is InChI=1S/C18H18N2O3S/c1-4-22-14-10-13(20-19)17(23-5-2)18(24)15(14)16(21)12-8-6-11(3)7-9-12/h6-10H,4-5H2,1-3H3/p+1. The second-order valence-corrected chi connectivity index (χ2v) is 5.55. The number of hydrogen-bond donors (Lipinski definition) is 1. The third-order valence-corrected chi connectivity index (χ3v) is 3.86. The van der Waals surface area contributed by atoms with Gasteiger partial charge in [-0.2, -0.15) is 0 Å². The first-order valence-electron chi connectivity index (χ1n) is 7.65. The number of ether oxygens (including phenoxy) is 2. The highest BCUT2D eigenvalue weighted by molar-refractivity contribution is 7.80. The van der Waals surface area contributed by atoms with E-state index in [1.807, 2.05) is 26.0 Å². The van der Waals surface area contributed by atoms with Crippen LogP contribution in [0.15, 0.2) is 35.2 Å². The molecular formula is C18H19N2O3S+. The molecule has 0 aliphatic rings. The fourth-order valence-electron chi connectivity index (χ4n) is 2.31. The molecule has 0 saturated carbocycles. The summed E-state index contributed by atoms with van der Waals surface area (Å²) >= 11 is 4.44. The lowest BCUT2D eigenvalue weighted by Crippen LogP contribution is -2.08. The number of rotatable bonds is 6. The van der Waals surface area contributed by atoms with Crippen molar-refractivity contribution in [1.82, 2.24) is 0 Å². The highest BCUT2D eigenvalue weighted by Crippen LogP contribution is 2.43. The Balaban J connectivity index is 2.65. The van der Waals surface area contributed by atoms with Gasteiger partial charge in [-0.15, -0.1) is 12.6 Å². The van der Waals surface area contributed by atoms with Crippen molar-refractivity contribution < 1.29 is 14.3 Å². The maximum atomic E-state index is 13.0. The molecule has 0 bridgehead atoms. The van der Waals surface area contributed by atoms with Gasteiger partial charge in [-0.05, 0) is 20.8 Å². The predicted octanol–water partition coefficient (Wildman–Crippen LogP) is 4.80. The van der Waals surface area contributed by atoms with Crippen LogP contribution in [0.25, 0.3) is 4.98 Å². The Morgan fingerprint density at radius 2 is 1.79 bits per heavy atom. The smallest absolute Gasteiger partial charge is 0.431 e. The van der Waals surface area contributed by atoms with Crippen molar-refractivity contribution in [3.63, 3.8) is 0 Å². The molecule has 0 aliphatic heterocycles. The molecule has 0 N–H and O–H groups in total. The number of nitrogens with zero attached hydrogens (tertiary/aromatic N) is 2. The monoisotopic (exact) mass is 343 g/mol. The van der Waals surface area contributed by atoms with Gasteiger partial charge in [0.05, 0.1) is 29.7 Å². The van der Waals surface area contributed by atoms with Gasteiger partial charge in [0.15, 0.2) is 10.8 Å². The Bertz CT molecular complexity index is 795. The van der Waals surface area contributed by atoms with E-state index in [1.54, 1.807) is 19.1 Å². The normalized spacial score (nSPS) is 10.1. The highest BCUT2D eigenvalue weighted by atomic mass is 32.1. The van der Waals surface area contributed by atoms with Gasteiger partial charge < -0.3 is 9.47 Å². The van der Waals surface area contributed by atoms with Gasteiger partial charge in [0.25, 0.3) is 0 Å². The molecule has 0 atom stereocenters. The van der Waals surface area contributed by atoms with E-state index >= 15 is 0 Å². The Hall–Kier alpha value is -2.52. The van der Waals surface area contributed by atoms with Crippen molar-refractivity contribution in [3.8, 4) is 11.5 Å². The van der Waals surface area contributed by atoms with Crippen LogP contribution in [0.4, 0.5) is 5.69 Å². The summed E-state index contributed by atoms with van der Waals surface area (Å²) < 4.78 is 11.1. The molecule has 2 aromatic carbocycles. The molecular weight excluding hydrogens is 324 g/mol. The quantitative estimate of drug-likeness (QED) is 0.465. The first kappa shape index (κ1) is 17.8. The second-order valence-electron chi connectivity index (χ2n) is 5.11. The lowest BCUT2D eigenvalue weighted by molar-refractivity contribution is 0.103. The summed E-state index contributed by atoms with van der Waals surface area (Å²) in [4.78, 5) is 16.5. The zero-order valence-corrected chi connectivity index (χ0v) is 14.8. The number of carbonyl (C=O) groups excluding carboxylic acids is 1. The zero-order valence-electron chi connectivity index (χ0n) is 13.9. The molecule has 0 aromatic heterocycles. The van der Waals surface area contributed by atoms with Crippen LogP contribution in [0.1, 0.15) is 35.3 Å². The van der Waals surface area contributed by atoms with Gasteiger partial charge in [-0.3, -0.25) is 4.79 Å². The van der Waals surface area contributed by atoms with Crippen LogP contribution in [-0.2, 0) is 0 Å². The van der Waals surface area contributed by atoms with Gasteiger partial charge in [0.2, 0.25) is 11.1 Å². The number of aryl methyl sites for hydroxylation is 1. The summed E-state index contributed by atoms with van der Waals surface area (Å²) in [6.07, 6.45) is 0. The average Bonchev–Trinajstić information content (AvgIpc) is 2.57. The summed E-state index contributed by atoms with van der Waals surface area (Å²) in [5.74, 6) is 0.334. The Labute approximate surface area is 146 Å². The van der Waals surface area contributed by atoms with Gasteiger partial charge in [0, 0.05) is 5.56 Å². The second kappa shape index (κ2) is 7.84. The molecule has 2 aromatic rings. The van der Waals surface area contributed by atoms with Crippen molar-refractivity contribution in [2.24, 2.45) is 0 Å². The molecule has 0 amide bonds. The molecule has 124 valence electrons. The van der Waals surface area contributed by atoms with Crippen molar-refractivity contribution >= 4 is 24.1 Å². The molecule has 6 heteroatoms. The van der Waals surface area contributed by atoms with Crippen LogP contribution in [0.2, 0.25) is 0 Å². The largest absolute Gasteiger partial charge is 0.493 e. The van der Waals surface area contributed by atoms with Crippen molar-refractivity contribution in [2.75, 3.05) is 13.2 Å². The van der Waals surface area contributed by atoms with E-state index in [1.165, 1.54) is 6.07 Å². The number of benzene rings is 2. The number of hydrogen-bond acceptors (Lipinski definition) is 5. The Kier molecular flexibility index (Phi) is 5.83. The summed E-state index contributed by atoms with van der Waals surface area (Å²) in [7, 11) is 0. The van der Waals surface area contributed by atoms with Gasteiger partial charge in [-0.1, -0.05) is 29.8 Å². The number of ketones is 1. The predicted molar refractivity (Wildman–Crippen MR) is 95.4 cm³/mol. The molecule has 0 unspecified atom stereocenters. The highest BCUT2D eigenvalue weighted by Gasteiger charge is 2.29. The molecule has 0 spiro atoms. The lowest BCUT2D eigenvalue weighted by Gasteiger charge is -2.14. The molecule has 0 fully saturated rings. The van der Waals surface area contributed by atoms with Crippen LogP contribution in [0, 0.1) is 12.3 Å². The van der Waals surface area contributed by atoms with Gasteiger partial charge in [0.1, 0.15) is 5.75 Å². The maximum Gasteiger partial charge on any atom is 0.431 e. The first-order valence-corrected chi connectivity index (χ1v) is 8.10. The first-order chi connectivity index (χ1) is 11.5. The maximum absolute atomic E-state index is 13.0. The number of thiol groups is 1. The minimum atomic E-state index is -0.228. The third-order valence-electron chi connectivity index (χ3n) is 3.44. The SMILES string of the molecule is CCOc1cc([N+]#N)c(OCC)c(S)c1C(=O)c1ccc(C)cc1. The molecule has 0 heterocycles. The third kappa shape index (κ3) is 3.52. The zero-order chi connectivity index (χ0) is 17.7. The summed E-state index contributed by atoms with van der Waals surface area (Å²) in [5, 5.41) is 9.21. The van der Waals surface area contributed by atoms with Gasteiger partial charge >= 0.3 is 5.69 Å². The average molecular weight is 343 g/mol. The molecule has 2 rings (SSSR count). The molecule has 0 aliphatic carbocycles. The Morgan fingerprint density at radius 1 is 1.17 bits per heavy atom. The van der Waals surface area contributed by atoms with Crippen LogP contribution in [0.5, 0.6) is 11.5 Å². The van der Waals surface area contributed by atoms with E-state index in [0.29, 0.717) is 35.0 Å². The van der Waals surface area contributed by atoms with Crippen LogP contribution in [-0.4, -0.2) is 19.0 Å². The summed E-state index contributed by atoms with van der Waals surface area (Å²) in [6, 6.07) is 8.73. The van der Waals surface area contributed by atoms with Gasteiger partial charge in [-0.25, -0.2) is 0 Å². The molecule has 0 radical (unpaired) electrons. The topological polar surface area (TPSA) is 63.7 Å². The van der Waals surface area contributed by atoms with Crippen molar-refractivity contribution in [3.05, 3.63) is 52.0 Å². The summed E-state index contributed by atoms with van der Waals surface area (Å²) in [6.45, 7) is 6.27. The van der Waals surface area contributed by atoms with Crippen LogP contribution in [0.3, 0.4) is 0 Å². The lowest BCUT2D eigenvalue weighted by atomic mass is 10.0. The molecule has 24 heavy (non-hydrogen) atoms. The molecule has 0 saturated heterocycles.